The van der Waals surface area contributed by atoms with Gasteiger partial charge in [-0.3, -0.25) is 0 Å². The Morgan fingerprint density at radius 2 is 1.37 bits per heavy atom. The van der Waals surface area contributed by atoms with E-state index in [9.17, 15) is 9.59 Å². The van der Waals surface area contributed by atoms with Crippen LogP contribution in [-0.4, -0.2) is 31.8 Å². The first-order valence-electron chi connectivity index (χ1n) is 13.7. The van der Waals surface area contributed by atoms with Crippen LogP contribution in [-0.2, 0) is 30.4 Å². The molecule has 0 amide bonds. The zero-order valence-electron chi connectivity index (χ0n) is 22.2. The Morgan fingerprint density at radius 1 is 0.800 bits per heavy atom. The van der Waals surface area contributed by atoms with Gasteiger partial charge in [0.05, 0.1) is 13.7 Å². The van der Waals surface area contributed by atoms with Gasteiger partial charge in [-0.25, -0.2) is 9.59 Å². The van der Waals surface area contributed by atoms with Crippen molar-refractivity contribution in [1.29, 1.82) is 0 Å². The van der Waals surface area contributed by atoms with Gasteiger partial charge >= 0.3 is 11.9 Å². The van der Waals surface area contributed by atoms with E-state index < -0.39 is 18.0 Å². The van der Waals surface area contributed by atoms with Crippen LogP contribution in [0.3, 0.4) is 0 Å². The van der Waals surface area contributed by atoms with Crippen LogP contribution < -0.4 is 0 Å². The average molecular weight is 489 g/mol. The Kier molecular flexibility index (Phi) is 19.7. The molecule has 0 aromatic heterocycles. The number of benzene rings is 1. The summed E-state index contributed by atoms with van der Waals surface area (Å²) < 4.78 is 15.5. The summed E-state index contributed by atoms with van der Waals surface area (Å²) in [6, 6.07) is 9.59. The van der Waals surface area contributed by atoms with Crippen molar-refractivity contribution in [2.24, 2.45) is 0 Å². The van der Waals surface area contributed by atoms with E-state index >= 15 is 0 Å². The molecule has 0 bridgehead atoms. The summed E-state index contributed by atoms with van der Waals surface area (Å²) in [5, 5.41) is 0. The molecule has 0 saturated carbocycles. The average Bonchev–Trinajstić information content (AvgIpc) is 2.87. The smallest absolute Gasteiger partial charge is 0.347 e. The minimum atomic E-state index is -0.899. The van der Waals surface area contributed by atoms with Crippen LogP contribution in [0.4, 0.5) is 0 Å². The van der Waals surface area contributed by atoms with Crippen molar-refractivity contribution >= 4 is 11.9 Å². The third-order valence-corrected chi connectivity index (χ3v) is 6.06. The molecule has 0 heterocycles. The topological polar surface area (TPSA) is 61.8 Å². The predicted molar refractivity (Wildman–Crippen MR) is 142 cm³/mol. The highest BCUT2D eigenvalue weighted by atomic mass is 16.6. The third kappa shape index (κ3) is 17.9. The third-order valence-electron chi connectivity index (χ3n) is 6.06. The molecule has 0 spiro atoms. The molecule has 0 aliphatic rings. The largest absolute Gasteiger partial charge is 0.466 e. The zero-order chi connectivity index (χ0) is 25.4. The van der Waals surface area contributed by atoms with Crippen molar-refractivity contribution in [1.82, 2.24) is 0 Å². The first-order valence-corrected chi connectivity index (χ1v) is 13.7. The molecule has 0 radical (unpaired) electrons. The summed E-state index contributed by atoms with van der Waals surface area (Å²) in [7, 11) is 1.30. The molecule has 0 aliphatic carbocycles. The summed E-state index contributed by atoms with van der Waals surface area (Å²) in [6.45, 7) is 2.39. The standard InChI is InChI=1S/C30H48O5/c1-3-4-5-6-7-8-9-10-11-12-13-14-15-16-17-21-24-28(30(32)33-2)35-29(31)26-34-25-27-22-19-18-20-23-27/h16-20,22-23,28H,3-15,21,24-26H2,1-2H3/t28-/m0/s1. The summed E-state index contributed by atoms with van der Waals surface area (Å²) in [4.78, 5) is 24.0. The maximum absolute atomic E-state index is 12.1. The van der Waals surface area contributed by atoms with Crippen molar-refractivity contribution in [3.8, 4) is 0 Å². The molecule has 0 unspecified atom stereocenters. The highest BCUT2D eigenvalue weighted by Crippen LogP contribution is 2.13. The first kappa shape index (κ1) is 30.9. The van der Waals surface area contributed by atoms with Gasteiger partial charge in [0.25, 0.3) is 0 Å². The molecule has 5 nitrogen and oxygen atoms in total. The van der Waals surface area contributed by atoms with Crippen LogP contribution >= 0.6 is 0 Å². The van der Waals surface area contributed by atoms with E-state index in [1.54, 1.807) is 0 Å². The molecule has 1 rings (SSSR count). The molecule has 0 fully saturated rings. The number of allylic oxidation sites excluding steroid dienone is 2. The maximum Gasteiger partial charge on any atom is 0.347 e. The van der Waals surface area contributed by atoms with Gasteiger partial charge in [-0.2, -0.15) is 0 Å². The van der Waals surface area contributed by atoms with E-state index in [0.29, 0.717) is 19.4 Å². The second-order valence-corrected chi connectivity index (χ2v) is 9.21. The fraction of sp³-hybridized carbons (Fsp3) is 0.667. The van der Waals surface area contributed by atoms with E-state index in [-0.39, 0.29) is 6.61 Å². The monoisotopic (exact) mass is 488 g/mol. The summed E-state index contributed by atoms with van der Waals surface area (Å²) in [5.74, 6) is -1.09. The van der Waals surface area contributed by atoms with Gasteiger partial charge in [-0.05, 0) is 31.2 Å². The fourth-order valence-corrected chi connectivity index (χ4v) is 3.96. The van der Waals surface area contributed by atoms with Crippen molar-refractivity contribution < 1.29 is 23.8 Å². The van der Waals surface area contributed by atoms with Gasteiger partial charge in [-0.15, -0.1) is 0 Å². The molecule has 1 aromatic rings. The van der Waals surface area contributed by atoms with Gasteiger partial charge in [0.2, 0.25) is 0 Å². The van der Waals surface area contributed by atoms with Crippen LogP contribution in [0.1, 0.15) is 109 Å². The van der Waals surface area contributed by atoms with Crippen LogP contribution in [0.2, 0.25) is 0 Å². The lowest BCUT2D eigenvalue weighted by molar-refractivity contribution is -0.169. The van der Waals surface area contributed by atoms with Crippen LogP contribution in [0, 0.1) is 0 Å². The van der Waals surface area contributed by atoms with E-state index in [1.807, 2.05) is 30.3 Å². The van der Waals surface area contributed by atoms with E-state index in [2.05, 4.69) is 19.1 Å². The number of carbonyl (C=O) groups is 2. The van der Waals surface area contributed by atoms with E-state index in [4.69, 9.17) is 14.2 Å². The number of ether oxygens (including phenoxy) is 3. The highest BCUT2D eigenvalue weighted by Gasteiger charge is 2.23. The lowest BCUT2D eigenvalue weighted by Gasteiger charge is -2.15. The lowest BCUT2D eigenvalue weighted by atomic mass is 10.0. The van der Waals surface area contributed by atoms with Crippen molar-refractivity contribution in [2.75, 3.05) is 13.7 Å². The molecule has 1 atom stereocenters. The summed E-state index contributed by atoms with van der Waals surface area (Å²) in [6.07, 6.45) is 21.7. The molecule has 0 saturated heterocycles. The van der Waals surface area contributed by atoms with Crippen LogP contribution in [0.5, 0.6) is 0 Å². The molecule has 0 N–H and O–H groups in total. The van der Waals surface area contributed by atoms with Gasteiger partial charge in [0.15, 0.2) is 6.10 Å². The highest BCUT2D eigenvalue weighted by molar-refractivity contribution is 5.79. The summed E-state index contributed by atoms with van der Waals surface area (Å²) in [5.41, 5.74) is 0.975. The number of unbranched alkanes of at least 4 members (excludes halogenated alkanes) is 12. The Hall–Kier alpha value is -2.14. The van der Waals surface area contributed by atoms with Gasteiger partial charge in [0, 0.05) is 0 Å². The Labute approximate surface area is 213 Å². The molecule has 0 aliphatic heterocycles. The number of methoxy groups -OCH3 is 1. The molecular weight excluding hydrogens is 440 g/mol. The van der Waals surface area contributed by atoms with Crippen molar-refractivity contribution in [3.05, 3.63) is 48.0 Å². The predicted octanol–water partition coefficient (Wildman–Crippen LogP) is 7.72. The summed E-state index contributed by atoms with van der Waals surface area (Å²) >= 11 is 0. The normalized spacial score (nSPS) is 12.1. The van der Waals surface area contributed by atoms with Crippen LogP contribution in [0.15, 0.2) is 42.5 Å². The molecule has 1 aromatic carbocycles. The molecule has 35 heavy (non-hydrogen) atoms. The van der Waals surface area contributed by atoms with Crippen molar-refractivity contribution in [3.63, 3.8) is 0 Å². The second kappa shape index (κ2) is 22.3. The molecular formula is C30H48O5. The number of esters is 2. The Morgan fingerprint density at radius 3 is 1.97 bits per heavy atom. The lowest BCUT2D eigenvalue weighted by Crippen LogP contribution is -2.30. The van der Waals surface area contributed by atoms with Crippen molar-refractivity contribution in [2.45, 2.75) is 116 Å². The molecule has 5 heteroatoms. The Bertz CT molecular complexity index is 671. The number of carbonyl (C=O) groups excluding carboxylic acids is 2. The van der Waals surface area contributed by atoms with Crippen LogP contribution in [0.25, 0.3) is 0 Å². The van der Waals surface area contributed by atoms with Gasteiger partial charge < -0.3 is 14.2 Å². The fourth-order valence-electron chi connectivity index (χ4n) is 3.96. The molecule has 198 valence electrons. The van der Waals surface area contributed by atoms with E-state index in [1.165, 1.54) is 84.2 Å². The SMILES string of the molecule is CCCCCCCCCCCCCCC=CCC[C@H](OC(=O)COCc1ccccc1)C(=O)OC. The number of hydrogen-bond donors (Lipinski definition) is 0. The maximum atomic E-state index is 12.1. The van der Waals surface area contributed by atoms with Gasteiger partial charge in [-0.1, -0.05) is 120 Å². The number of hydrogen-bond acceptors (Lipinski definition) is 5. The van der Waals surface area contributed by atoms with E-state index in [0.717, 1.165) is 12.0 Å². The van der Waals surface area contributed by atoms with Gasteiger partial charge in [0.1, 0.15) is 6.61 Å². The minimum Gasteiger partial charge on any atom is -0.466 e. The first-order chi connectivity index (χ1) is 17.2. The Balaban J connectivity index is 2.06. The quantitative estimate of drug-likeness (QED) is 0.0950. The zero-order valence-corrected chi connectivity index (χ0v) is 22.2. The second-order valence-electron chi connectivity index (χ2n) is 9.21. The number of rotatable bonds is 22. The minimum absolute atomic E-state index is 0.197.